The number of methoxy groups -OCH3 is 1. The van der Waals surface area contributed by atoms with Gasteiger partial charge in [0.1, 0.15) is 17.6 Å². The summed E-state index contributed by atoms with van der Waals surface area (Å²) < 4.78 is 12.1. The largest absolute Gasteiger partial charge is 0.469 e. The lowest BCUT2D eigenvalue weighted by atomic mass is 10.0. The number of benzene rings is 1. The predicted molar refractivity (Wildman–Crippen MR) is 130 cm³/mol. The number of nitrogens with zero attached hydrogens (tertiary/aromatic N) is 2. The van der Waals surface area contributed by atoms with E-state index in [1.165, 1.54) is 12.7 Å². The second-order valence-corrected chi connectivity index (χ2v) is 8.93. The molecule has 0 amide bonds. The number of pyridine rings is 1. The van der Waals surface area contributed by atoms with Crippen molar-refractivity contribution in [3.8, 4) is 11.3 Å². The third-order valence-corrected chi connectivity index (χ3v) is 6.52. The molecule has 32 heavy (non-hydrogen) atoms. The Morgan fingerprint density at radius 2 is 2.12 bits per heavy atom. The van der Waals surface area contributed by atoms with Crippen molar-refractivity contribution >= 4 is 39.2 Å². The van der Waals surface area contributed by atoms with Crippen molar-refractivity contribution in [2.24, 2.45) is 0 Å². The minimum Gasteiger partial charge on any atom is -0.469 e. The third kappa shape index (κ3) is 4.71. The summed E-state index contributed by atoms with van der Waals surface area (Å²) in [6, 6.07) is 15.6. The van der Waals surface area contributed by atoms with Crippen LogP contribution in [-0.4, -0.2) is 34.6 Å². The molecule has 3 heterocycles. The van der Waals surface area contributed by atoms with E-state index in [2.05, 4.69) is 50.2 Å². The van der Waals surface area contributed by atoms with Crippen LogP contribution in [0.3, 0.4) is 0 Å². The van der Waals surface area contributed by atoms with Crippen molar-refractivity contribution in [1.82, 2.24) is 15.2 Å². The van der Waals surface area contributed by atoms with Crippen LogP contribution in [0, 0.1) is 6.92 Å². The van der Waals surface area contributed by atoms with Crippen LogP contribution in [0.25, 0.3) is 11.3 Å². The molecule has 1 aliphatic heterocycles. The average molecular weight is 514 g/mol. The van der Waals surface area contributed by atoms with Gasteiger partial charge in [0.05, 0.1) is 18.8 Å². The van der Waals surface area contributed by atoms with Crippen LogP contribution in [0.1, 0.15) is 41.9 Å². The van der Waals surface area contributed by atoms with Gasteiger partial charge in [-0.25, -0.2) is 0 Å². The van der Waals surface area contributed by atoms with Crippen molar-refractivity contribution in [3.63, 3.8) is 0 Å². The Kier molecular flexibility index (Phi) is 6.91. The number of carbonyl (C=O) groups excluding carboxylic acids is 1. The summed E-state index contributed by atoms with van der Waals surface area (Å²) in [5, 5.41) is 4.01. The molecular weight excluding hydrogens is 490 g/mol. The molecule has 0 unspecified atom stereocenters. The highest BCUT2D eigenvalue weighted by Crippen LogP contribution is 2.41. The summed E-state index contributed by atoms with van der Waals surface area (Å²) in [5.74, 6) is 1.33. The van der Waals surface area contributed by atoms with E-state index in [4.69, 9.17) is 21.4 Å². The van der Waals surface area contributed by atoms with Crippen LogP contribution in [0.2, 0.25) is 0 Å². The minimum absolute atomic E-state index is 0.165. The number of hydrogen-bond donors (Lipinski definition) is 1. The molecule has 3 aromatic rings. The number of halogens is 1. The van der Waals surface area contributed by atoms with Gasteiger partial charge in [-0.3, -0.25) is 9.78 Å². The Hall–Kier alpha value is -2.71. The fraction of sp³-hybridized carbons (Fsp3) is 0.292. The molecule has 2 aromatic heterocycles. The number of aromatic nitrogens is 1. The highest BCUT2D eigenvalue weighted by Gasteiger charge is 2.41. The van der Waals surface area contributed by atoms with Gasteiger partial charge in [0.15, 0.2) is 5.11 Å². The molecule has 8 heteroatoms. The molecule has 0 radical (unpaired) electrons. The van der Waals surface area contributed by atoms with E-state index < -0.39 is 0 Å². The molecule has 1 fully saturated rings. The van der Waals surface area contributed by atoms with Crippen molar-refractivity contribution in [1.29, 1.82) is 0 Å². The van der Waals surface area contributed by atoms with Crippen LogP contribution >= 0.6 is 28.1 Å². The van der Waals surface area contributed by atoms with E-state index in [1.54, 1.807) is 6.20 Å². The van der Waals surface area contributed by atoms with E-state index >= 15 is 0 Å². The quantitative estimate of drug-likeness (QED) is 0.337. The molecule has 1 aromatic carbocycles. The van der Waals surface area contributed by atoms with Crippen LogP contribution < -0.4 is 5.32 Å². The molecule has 1 saturated heterocycles. The molecule has 6 nitrogen and oxygen atoms in total. The number of nitrogens with one attached hydrogen (secondary N) is 1. The van der Waals surface area contributed by atoms with Gasteiger partial charge >= 0.3 is 5.97 Å². The van der Waals surface area contributed by atoms with Gasteiger partial charge in [-0.1, -0.05) is 28.1 Å². The molecule has 0 spiro atoms. The van der Waals surface area contributed by atoms with E-state index in [1.807, 2.05) is 36.4 Å². The monoisotopic (exact) mass is 513 g/mol. The SMILES string of the molecule is COC(=O)CCCN1C(=S)N[C@@H](c2ccccn2)[C@@H]1c1ccc(-c2ccc(C)cc2Br)o1. The average Bonchev–Trinajstić information content (AvgIpc) is 3.39. The minimum atomic E-state index is -0.231. The number of ether oxygens (including phenoxy) is 1. The number of esters is 1. The standard InChI is InChI=1S/C24H24BrN3O3S/c1-15-8-9-16(17(25)14-15)19-10-11-20(31-19)23-22(18-6-3-4-12-26-18)27-24(32)28(23)13-5-7-21(29)30-2/h3-4,6,8-12,14,22-23H,5,7,13H2,1-2H3,(H,27,32)/t22-,23-/m0/s1. The lowest BCUT2D eigenvalue weighted by molar-refractivity contribution is -0.140. The first kappa shape index (κ1) is 22.5. The molecule has 0 bridgehead atoms. The molecular formula is C24H24BrN3O3S. The maximum Gasteiger partial charge on any atom is 0.305 e. The van der Waals surface area contributed by atoms with Crippen molar-refractivity contribution < 1.29 is 13.9 Å². The smallest absolute Gasteiger partial charge is 0.305 e. The van der Waals surface area contributed by atoms with Crippen LogP contribution in [0.15, 0.2) is 63.6 Å². The third-order valence-electron chi connectivity index (χ3n) is 5.51. The van der Waals surface area contributed by atoms with E-state index in [-0.39, 0.29) is 18.1 Å². The zero-order valence-corrected chi connectivity index (χ0v) is 20.3. The van der Waals surface area contributed by atoms with Gasteiger partial charge in [-0.15, -0.1) is 0 Å². The zero-order chi connectivity index (χ0) is 22.7. The van der Waals surface area contributed by atoms with Gasteiger partial charge in [0.25, 0.3) is 0 Å². The molecule has 4 rings (SSSR count). The molecule has 1 aliphatic rings. The first-order valence-electron chi connectivity index (χ1n) is 10.4. The van der Waals surface area contributed by atoms with Gasteiger partial charge < -0.3 is 19.4 Å². The van der Waals surface area contributed by atoms with Gasteiger partial charge in [0.2, 0.25) is 0 Å². The molecule has 0 saturated carbocycles. The number of thiocarbonyl (C=S) groups is 1. The topological polar surface area (TPSA) is 67.6 Å². The molecule has 0 aliphatic carbocycles. The summed E-state index contributed by atoms with van der Waals surface area (Å²) in [6.45, 7) is 2.65. The van der Waals surface area contributed by atoms with Crippen molar-refractivity contribution in [2.45, 2.75) is 31.8 Å². The van der Waals surface area contributed by atoms with E-state index in [9.17, 15) is 4.79 Å². The summed E-state index contributed by atoms with van der Waals surface area (Å²) in [4.78, 5) is 18.2. The zero-order valence-electron chi connectivity index (χ0n) is 17.9. The normalized spacial score (nSPS) is 18.0. The second kappa shape index (κ2) is 9.83. The number of carbonyl (C=O) groups is 1. The Morgan fingerprint density at radius 1 is 1.28 bits per heavy atom. The van der Waals surface area contributed by atoms with Gasteiger partial charge in [-0.05, 0) is 67.5 Å². The number of rotatable bonds is 7. The second-order valence-electron chi connectivity index (χ2n) is 7.68. The lowest BCUT2D eigenvalue weighted by Gasteiger charge is -2.25. The number of hydrogen-bond acceptors (Lipinski definition) is 5. The summed E-state index contributed by atoms with van der Waals surface area (Å²) in [5.41, 5.74) is 3.04. The first-order chi connectivity index (χ1) is 15.5. The number of aryl methyl sites for hydroxylation is 1. The van der Waals surface area contributed by atoms with Gasteiger partial charge in [0, 0.05) is 29.2 Å². The maximum absolute atomic E-state index is 11.6. The molecule has 2 atom stereocenters. The fourth-order valence-electron chi connectivity index (χ4n) is 3.93. The predicted octanol–water partition coefficient (Wildman–Crippen LogP) is 5.34. The van der Waals surface area contributed by atoms with Crippen LogP contribution in [0.5, 0.6) is 0 Å². The highest BCUT2D eigenvalue weighted by molar-refractivity contribution is 9.10. The van der Waals surface area contributed by atoms with Crippen LogP contribution in [0.4, 0.5) is 0 Å². The number of furan rings is 1. The van der Waals surface area contributed by atoms with E-state index in [0.29, 0.717) is 24.5 Å². The summed E-state index contributed by atoms with van der Waals surface area (Å²) in [7, 11) is 1.40. The maximum atomic E-state index is 11.6. The van der Waals surface area contributed by atoms with E-state index in [0.717, 1.165) is 27.3 Å². The Balaban J connectivity index is 1.66. The first-order valence-corrected chi connectivity index (χ1v) is 11.6. The molecule has 1 N–H and O–H groups in total. The highest BCUT2D eigenvalue weighted by atomic mass is 79.9. The summed E-state index contributed by atoms with van der Waals surface area (Å²) in [6.07, 6.45) is 2.72. The Bertz CT molecular complexity index is 1120. The molecule has 166 valence electrons. The Morgan fingerprint density at radius 3 is 2.84 bits per heavy atom. The lowest BCUT2D eigenvalue weighted by Crippen LogP contribution is -2.30. The van der Waals surface area contributed by atoms with Crippen molar-refractivity contribution in [2.75, 3.05) is 13.7 Å². The summed E-state index contributed by atoms with van der Waals surface area (Å²) >= 11 is 9.30. The van der Waals surface area contributed by atoms with Crippen molar-refractivity contribution in [3.05, 3.63) is 76.2 Å². The Labute approximate surface area is 201 Å². The van der Waals surface area contributed by atoms with Gasteiger partial charge in [-0.2, -0.15) is 0 Å². The fourth-order valence-corrected chi connectivity index (χ4v) is 4.95. The van der Waals surface area contributed by atoms with Crippen LogP contribution in [-0.2, 0) is 9.53 Å².